The second-order valence-corrected chi connectivity index (χ2v) is 7.43. The van der Waals surface area contributed by atoms with E-state index in [-0.39, 0.29) is 11.7 Å². The number of anilines is 1. The van der Waals surface area contributed by atoms with Crippen LogP contribution in [0.4, 0.5) is 10.2 Å². The number of hydrogen-bond acceptors (Lipinski definition) is 4. The number of nitrogens with zero attached hydrogens (tertiary/aromatic N) is 2. The second-order valence-electron chi connectivity index (χ2n) is 7.43. The van der Waals surface area contributed by atoms with Gasteiger partial charge < -0.3 is 11.1 Å². The monoisotopic (exact) mass is 436 g/mol. The van der Waals surface area contributed by atoms with E-state index in [0.717, 1.165) is 27.9 Å². The number of carbonyl (C=O) groups is 1. The molecule has 0 aliphatic carbocycles. The Labute approximate surface area is 191 Å². The van der Waals surface area contributed by atoms with Crippen LogP contribution in [0.1, 0.15) is 18.2 Å². The van der Waals surface area contributed by atoms with Crippen molar-refractivity contribution in [3.05, 3.63) is 102 Å². The number of halogens is 1. The van der Waals surface area contributed by atoms with Gasteiger partial charge in [-0.05, 0) is 67.4 Å². The Morgan fingerprint density at radius 2 is 1.67 bits per heavy atom. The maximum Gasteiger partial charge on any atom is 0.242 e. The van der Waals surface area contributed by atoms with E-state index in [0.29, 0.717) is 11.5 Å². The lowest BCUT2D eigenvalue weighted by Gasteiger charge is -2.10. The van der Waals surface area contributed by atoms with Crippen LogP contribution in [0.2, 0.25) is 0 Å². The number of aromatic nitrogens is 2. The van der Waals surface area contributed by atoms with Crippen molar-refractivity contribution in [2.45, 2.75) is 13.0 Å². The standard InChI is InChI=1S/C27H21FN4O/c1-18(29)27(33)32-26-16-13-23(25(31-26)14-7-19-5-3-2-4-6-19)21-10-15-24(30-17-21)20-8-11-22(28)12-9-20/h2-6,8-13,15-18H,29H2,1H3,(H,31,32,33). The topological polar surface area (TPSA) is 80.9 Å². The van der Waals surface area contributed by atoms with Gasteiger partial charge in [-0.25, -0.2) is 9.37 Å². The molecule has 0 aliphatic rings. The van der Waals surface area contributed by atoms with Crippen molar-refractivity contribution < 1.29 is 9.18 Å². The van der Waals surface area contributed by atoms with Crippen LogP contribution < -0.4 is 11.1 Å². The van der Waals surface area contributed by atoms with E-state index in [1.807, 2.05) is 48.5 Å². The van der Waals surface area contributed by atoms with Gasteiger partial charge in [0.15, 0.2) is 0 Å². The minimum Gasteiger partial charge on any atom is -0.320 e. The van der Waals surface area contributed by atoms with Gasteiger partial charge in [-0.15, -0.1) is 0 Å². The van der Waals surface area contributed by atoms with Gasteiger partial charge in [0, 0.05) is 28.5 Å². The van der Waals surface area contributed by atoms with Crippen molar-refractivity contribution in [2.24, 2.45) is 5.73 Å². The number of nitrogens with one attached hydrogen (secondary N) is 1. The van der Waals surface area contributed by atoms with E-state index in [2.05, 4.69) is 27.1 Å². The molecule has 33 heavy (non-hydrogen) atoms. The van der Waals surface area contributed by atoms with E-state index in [1.54, 1.807) is 31.3 Å². The third-order valence-corrected chi connectivity index (χ3v) is 4.87. The molecule has 5 nitrogen and oxygen atoms in total. The zero-order valence-electron chi connectivity index (χ0n) is 17.9. The normalized spacial score (nSPS) is 11.2. The lowest BCUT2D eigenvalue weighted by Crippen LogP contribution is -2.32. The van der Waals surface area contributed by atoms with Crippen LogP contribution in [0.3, 0.4) is 0 Å². The maximum absolute atomic E-state index is 13.2. The Hall–Kier alpha value is -4.34. The van der Waals surface area contributed by atoms with Crippen LogP contribution in [-0.2, 0) is 4.79 Å². The molecule has 0 saturated heterocycles. The van der Waals surface area contributed by atoms with Crippen molar-refractivity contribution >= 4 is 11.7 Å². The van der Waals surface area contributed by atoms with Gasteiger partial charge in [0.1, 0.15) is 17.3 Å². The average Bonchev–Trinajstić information content (AvgIpc) is 2.84. The number of carbonyl (C=O) groups excluding carboxylic acids is 1. The van der Waals surface area contributed by atoms with E-state index in [9.17, 15) is 9.18 Å². The maximum atomic E-state index is 13.2. The Bertz CT molecular complexity index is 1320. The van der Waals surface area contributed by atoms with Crippen molar-refractivity contribution in [3.63, 3.8) is 0 Å². The highest BCUT2D eigenvalue weighted by molar-refractivity contribution is 5.93. The molecule has 2 heterocycles. The third-order valence-electron chi connectivity index (χ3n) is 4.87. The fourth-order valence-electron chi connectivity index (χ4n) is 3.09. The summed E-state index contributed by atoms with van der Waals surface area (Å²) in [5.74, 6) is 5.97. The Morgan fingerprint density at radius 3 is 2.33 bits per heavy atom. The van der Waals surface area contributed by atoms with Crippen LogP contribution >= 0.6 is 0 Å². The number of pyridine rings is 2. The molecule has 0 bridgehead atoms. The van der Waals surface area contributed by atoms with Gasteiger partial charge in [0.2, 0.25) is 5.91 Å². The summed E-state index contributed by atoms with van der Waals surface area (Å²) < 4.78 is 13.2. The summed E-state index contributed by atoms with van der Waals surface area (Å²) in [4.78, 5) is 21.1. The molecule has 0 spiro atoms. The van der Waals surface area contributed by atoms with Gasteiger partial charge in [-0.3, -0.25) is 9.78 Å². The number of rotatable bonds is 4. The van der Waals surface area contributed by atoms with Crippen LogP contribution in [0.25, 0.3) is 22.4 Å². The Morgan fingerprint density at radius 1 is 0.939 bits per heavy atom. The predicted molar refractivity (Wildman–Crippen MR) is 128 cm³/mol. The highest BCUT2D eigenvalue weighted by atomic mass is 19.1. The SMILES string of the molecule is CC(N)C(=O)Nc1ccc(-c2ccc(-c3ccc(F)cc3)nc2)c(C#Cc2ccccc2)n1. The fourth-order valence-corrected chi connectivity index (χ4v) is 3.09. The first-order chi connectivity index (χ1) is 16.0. The van der Waals surface area contributed by atoms with Gasteiger partial charge in [-0.1, -0.05) is 30.2 Å². The van der Waals surface area contributed by atoms with E-state index in [1.165, 1.54) is 12.1 Å². The summed E-state index contributed by atoms with van der Waals surface area (Å²) in [6, 6.07) is 22.4. The molecule has 0 fully saturated rings. The molecule has 162 valence electrons. The van der Waals surface area contributed by atoms with Gasteiger partial charge >= 0.3 is 0 Å². The summed E-state index contributed by atoms with van der Waals surface area (Å²) in [7, 11) is 0. The van der Waals surface area contributed by atoms with Gasteiger partial charge in [0.25, 0.3) is 0 Å². The summed E-state index contributed by atoms with van der Waals surface area (Å²) >= 11 is 0. The molecule has 4 aromatic rings. The van der Waals surface area contributed by atoms with Gasteiger partial charge in [0.05, 0.1) is 11.7 Å². The molecular formula is C27H21FN4O. The summed E-state index contributed by atoms with van der Waals surface area (Å²) in [5, 5.41) is 2.70. The third kappa shape index (κ3) is 5.48. The number of benzene rings is 2. The van der Waals surface area contributed by atoms with Crippen molar-refractivity contribution in [1.82, 2.24) is 9.97 Å². The zero-order chi connectivity index (χ0) is 23.2. The molecule has 1 unspecified atom stereocenters. The Kier molecular flexibility index (Phi) is 6.53. The van der Waals surface area contributed by atoms with Crippen molar-refractivity contribution in [2.75, 3.05) is 5.32 Å². The fraction of sp³-hybridized carbons (Fsp3) is 0.0741. The number of hydrogen-bond donors (Lipinski definition) is 2. The van der Waals surface area contributed by atoms with Crippen LogP contribution in [0.5, 0.6) is 0 Å². The molecule has 2 aromatic heterocycles. The van der Waals surface area contributed by atoms with Crippen molar-refractivity contribution in [1.29, 1.82) is 0 Å². The largest absolute Gasteiger partial charge is 0.320 e. The lowest BCUT2D eigenvalue weighted by molar-refractivity contribution is -0.117. The zero-order valence-corrected chi connectivity index (χ0v) is 17.9. The molecular weight excluding hydrogens is 415 g/mol. The first-order valence-corrected chi connectivity index (χ1v) is 10.4. The first kappa shape index (κ1) is 21.9. The summed E-state index contributed by atoms with van der Waals surface area (Å²) in [6.45, 7) is 1.61. The molecule has 3 N–H and O–H groups in total. The van der Waals surface area contributed by atoms with Crippen LogP contribution in [0.15, 0.2) is 85.1 Å². The Balaban J connectivity index is 1.71. The van der Waals surface area contributed by atoms with Gasteiger partial charge in [-0.2, -0.15) is 0 Å². The minimum atomic E-state index is -0.659. The molecule has 1 atom stereocenters. The summed E-state index contributed by atoms with van der Waals surface area (Å²) in [6.07, 6.45) is 1.73. The highest BCUT2D eigenvalue weighted by Crippen LogP contribution is 2.26. The molecule has 0 radical (unpaired) electrons. The smallest absolute Gasteiger partial charge is 0.242 e. The predicted octanol–water partition coefficient (Wildman–Crippen LogP) is 4.64. The molecule has 2 aromatic carbocycles. The average molecular weight is 436 g/mol. The van der Waals surface area contributed by atoms with E-state index >= 15 is 0 Å². The molecule has 4 rings (SSSR count). The summed E-state index contributed by atoms with van der Waals surface area (Å²) in [5.41, 5.74) is 10.1. The van der Waals surface area contributed by atoms with Crippen LogP contribution in [0, 0.1) is 17.7 Å². The second kappa shape index (κ2) is 9.86. The molecule has 6 heteroatoms. The molecule has 1 amide bonds. The quantitative estimate of drug-likeness (QED) is 0.457. The van der Waals surface area contributed by atoms with E-state index < -0.39 is 6.04 Å². The number of amides is 1. The minimum absolute atomic E-state index is 0.292. The number of nitrogens with two attached hydrogens (primary N) is 1. The molecule has 0 aliphatic heterocycles. The lowest BCUT2D eigenvalue weighted by atomic mass is 10.0. The first-order valence-electron chi connectivity index (χ1n) is 10.4. The highest BCUT2D eigenvalue weighted by Gasteiger charge is 2.12. The van der Waals surface area contributed by atoms with E-state index in [4.69, 9.17) is 5.73 Å². The van der Waals surface area contributed by atoms with Crippen molar-refractivity contribution in [3.8, 4) is 34.2 Å². The molecule has 0 saturated carbocycles. The van der Waals surface area contributed by atoms with Crippen LogP contribution in [-0.4, -0.2) is 21.9 Å².